The summed E-state index contributed by atoms with van der Waals surface area (Å²) in [5, 5.41) is 2.49. The van der Waals surface area contributed by atoms with Gasteiger partial charge in [-0.3, -0.25) is 19.3 Å². The van der Waals surface area contributed by atoms with Crippen LogP contribution in [-0.2, 0) is 14.4 Å². The summed E-state index contributed by atoms with van der Waals surface area (Å²) in [5.41, 5.74) is 0. The van der Waals surface area contributed by atoms with Crippen LogP contribution in [0.3, 0.4) is 0 Å². The van der Waals surface area contributed by atoms with Crippen molar-refractivity contribution < 1.29 is 14.4 Å². The average molecular weight is 184 g/mol. The number of hydrogen-bond acceptors (Lipinski definition) is 3. The first-order valence-electron chi connectivity index (χ1n) is 4.16. The van der Waals surface area contributed by atoms with Crippen LogP contribution in [-0.4, -0.2) is 35.7 Å². The Balaban J connectivity index is 2.59. The van der Waals surface area contributed by atoms with Gasteiger partial charge >= 0.3 is 0 Å². The zero-order chi connectivity index (χ0) is 10.0. The third-order valence-electron chi connectivity index (χ3n) is 2.04. The number of imide groups is 1. The summed E-state index contributed by atoms with van der Waals surface area (Å²) in [5.74, 6) is -0.778. The summed E-state index contributed by atoms with van der Waals surface area (Å²) in [4.78, 5) is 34.3. The quantitative estimate of drug-likeness (QED) is 0.575. The van der Waals surface area contributed by atoms with Gasteiger partial charge in [-0.1, -0.05) is 6.92 Å². The molecule has 1 unspecified atom stereocenters. The van der Waals surface area contributed by atoms with Gasteiger partial charge in [0.05, 0.1) is 6.42 Å². The molecule has 1 rings (SSSR count). The normalized spacial score (nSPS) is 22.3. The molecule has 1 aliphatic heterocycles. The number of carbonyl (C=O) groups excluding carboxylic acids is 3. The Bertz CT molecular complexity index is 262. The molecule has 1 fully saturated rings. The molecule has 5 nitrogen and oxygen atoms in total. The first kappa shape index (κ1) is 9.70. The molecule has 0 aromatic heterocycles. The molecule has 1 saturated heterocycles. The Kier molecular flexibility index (Phi) is 2.65. The lowest BCUT2D eigenvalue weighted by Crippen LogP contribution is -2.40. The van der Waals surface area contributed by atoms with Gasteiger partial charge in [-0.15, -0.1) is 0 Å². The topological polar surface area (TPSA) is 66.5 Å². The van der Waals surface area contributed by atoms with Crippen molar-refractivity contribution in [2.24, 2.45) is 0 Å². The minimum Gasteiger partial charge on any atom is -0.344 e. The predicted octanol–water partition coefficient (Wildman–Crippen LogP) is -0.730. The third kappa shape index (κ3) is 1.85. The molecule has 0 bridgehead atoms. The summed E-state index contributed by atoms with van der Waals surface area (Å²) >= 11 is 0. The van der Waals surface area contributed by atoms with E-state index in [9.17, 15) is 14.4 Å². The lowest BCUT2D eigenvalue weighted by atomic mass is 10.2. The van der Waals surface area contributed by atoms with E-state index in [1.165, 1.54) is 7.05 Å². The second-order valence-corrected chi connectivity index (χ2v) is 2.97. The van der Waals surface area contributed by atoms with E-state index in [0.29, 0.717) is 6.42 Å². The van der Waals surface area contributed by atoms with E-state index >= 15 is 0 Å². The number of likely N-dealkylation sites (N-methyl/N-ethyl adjacent to an activating group) is 1. The molecule has 0 aromatic carbocycles. The number of nitrogens with zero attached hydrogens (tertiary/aromatic N) is 1. The maximum atomic E-state index is 11.3. The van der Waals surface area contributed by atoms with Crippen LogP contribution < -0.4 is 5.32 Å². The van der Waals surface area contributed by atoms with Crippen LogP contribution in [0.2, 0.25) is 0 Å². The second kappa shape index (κ2) is 3.55. The second-order valence-electron chi connectivity index (χ2n) is 2.97. The minimum atomic E-state index is -0.648. The Morgan fingerprint density at radius 2 is 2.23 bits per heavy atom. The molecule has 5 heteroatoms. The summed E-state index contributed by atoms with van der Waals surface area (Å²) < 4.78 is 0. The number of hydrogen-bond donors (Lipinski definition) is 1. The monoisotopic (exact) mass is 184 g/mol. The molecule has 1 aliphatic rings. The molecule has 0 saturated carbocycles. The number of carbonyl (C=O) groups is 3. The number of likely N-dealkylation sites (tertiary alicyclic amines) is 1. The van der Waals surface area contributed by atoms with Crippen LogP contribution in [0, 0.1) is 0 Å². The highest BCUT2D eigenvalue weighted by molar-refractivity contribution is 6.06. The highest BCUT2D eigenvalue weighted by Gasteiger charge is 2.36. The Labute approximate surface area is 76.1 Å². The van der Waals surface area contributed by atoms with Gasteiger partial charge in [-0.25, -0.2) is 0 Å². The van der Waals surface area contributed by atoms with Gasteiger partial charge < -0.3 is 5.32 Å². The number of amides is 3. The fraction of sp³-hybridized carbons (Fsp3) is 0.625. The highest BCUT2D eigenvalue weighted by atomic mass is 16.2. The van der Waals surface area contributed by atoms with E-state index in [4.69, 9.17) is 0 Å². The zero-order valence-corrected chi connectivity index (χ0v) is 7.66. The molecule has 0 spiro atoms. The van der Waals surface area contributed by atoms with Crippen LogP contribution in [0.1, 0.15) is 19.8 Å². The lowest BCUT2D eigenvalue weighted by Gasteiger charge is -2.09. The van der Waals surface area contributed by atoms with Gasteiger partial charge in [0, 0.05) is 13.5 Å². The largest absolute Gasteiger partial charge is 0.344 e. The molecule has 0 aromatic rings. The van der Waals surface area contributed by atoms with Gasteiger partial charge in [0.15, 0.2) is 0 Å². The van der Waals surface area contributed by atoms with Crippen molar-refractivity contribution >= 4 is 17.7 Å². The maximum absolute atomic E-state index is 11.3. The van der Waals surface area contributed by atoms with Gasteiger partial charge in [0.1, 0.15) is 6.04 Å². The van der Waals surface area contributed by atoms with Crippen molar-refractivity contribution in [1.82, 2.24) is 10.2 Å². The third-order valence-corrected chi connectivity index (χ3v) is 2.04. The first-order chi connectivity index (χ1) is 6.06. The lowest BCUT2D eigenvalue weighted by molar-refractivity contribution is -0.138. The molecule has 72 valence electrons. The van der Waals surface area contributed by atoms with Gasteiger partial charge in [0.25, 0.3) is 5.91 Å². The van der Waals surface area contributed by atoms with Crippen molar-refractivity contribution in [3.05, 3.63) is 0 Å². The Morgan fingerprint density at radius 1 is 1.62 bits per heavy atom. The van der Waals surface area contributed by atoms with Crippen molar-refractivity contribution in [3.63, 3.8) is 0 Å². The molecule has 0 aliphatic carbocycles. The molecular formula is C8H12N2O3. The average Bonchev–Trinajstić information content (AvgIpc) is 2.34. The SMILES string of the molecule is CCC(=O)NC1CC(=O)N(C)C1=O. The van der Waals surface area contributed by atoms with Crippen molar-refractivity contribution in [1.29, 1.82) is 0 Å². The summed E-state index contributed by atoms with van der Waals surface area (Å²) in [7, 11) is 1.42. The van der Waals surface area contributed by atoms with Crippen molar-refractivity contribution in [3.8, 4) is 0 Å². The summed E-state index contributed by atoms with van der Waals surface area (Å²) in [6.07, 6.45) is 0.406. The molecule has 1 N–H and O–H groups in total. The van der Waals surface area contributed by atoms with E-state index in [1.807, 2.05) is 0 Å². The predicted molar refractivity (Wildman–Crippen MR) is 44.6 cm³/mol. The first-order valence-corrected chi connectivity index (χ1v) is 4.16. The van der Waals surface area contributed by atoms with Crippen LogP contribution >= 0.6 is 0 Å². The van der Waals surface area contributed by atoms with E-state index in [1.54, 1.807) is 6.92 Å². The summed E-state index contributed by atoms with van der Waals surface area (Å²) in [6.45, 7) is 1.69. The van der Waals surface area contributed by atoms with Crippen LogP contribution in [0.4, 0.5) is 0 Å². The van der Waals surface area contributed by atoms with Gasteiger partial charge in [0.2, 0.25) is 11.8 Å². The zero-order valence-electron chi connectivity index (χ0n) is 7.66. The molecule has 0 radical (unpaired) electrons. The van der Waals surface area contributed by atoms with E-state index < -0.39 is 6.04 Å². The maximum Gasteiger partial charge on any atom is 0.252 e. The van der Waals surface area contributed by atoms with Gasteiger partial charge in [-0.2, -0.15) is 0 Å². The molecule has 1 heterocycles. The van der Waals surface area contributed by atoms with Crippen LogP contribution in [0.25, 0.3) is 0 Å². The highest BCUT2D eigenvalue weighted by Crippen LogP contribution is 2.10. The Hall–Kier alpha value is -1.39. The number of nitrogens with one attached hydrogen (secondary N) is 1. The van der Waals surface area contributed by atoms with E-state index in [0.717, 1.165) is 4.90 Å². The van der Waals surface area contributed by atoms with Crippen LogP contribution in [0.5, 0.6) is 0 Å². The van der Waals surface area contributed by atoms with Crippen LogP contribution in [0.15, 0.2) is 0 Å². The molecule has 1 atom stereocenters. The minimum absolute atomic E-state index is 0.0844. The van der Waals surface area contributed by atoms with Crippen molar-refractivity contribution in [2.45, 2.75) is 25.8 Å². The Morgan fingerprint density at radius 3 is 2.62 bits per heavy atom. The number of rotatable bonds is 2. The summed E-state index contributed by atoms with van der Waals surface area (Å²) in [6, 6.07) is -0.648. The molecule has 3 amide bonds. The molecular weight excluding hydrogens is 172 g/mol. The fourth-order valence-electron chi connectivity index (χ4n) is 1.16. The standard InChI is InChI=1S/C8H12N2O3/c1-3-6(11)9-5-4-7(12)10(2)8(5)13/h5H,3-4H2,1-2H3,(H,9,11). The van der Waals surface area contributed by atoms with Crippen molar-refractivity contribution in [2.75, 3.05) is 7.05 Å². The van der Waals surface area contributed by atoms with Gasteiger partial charge in [-0.05, 0) is 0 Å². The van der Waals surface area contributed by atoms with E-state index in [2.05, 4.69) is 5.32 Å². The molecule has 13 heavy (non-hydrogen) atoms. The van der Waals surface area contributed by atoms with E-state index in [-0.39, 0.29) is 24.1 Å². The smallest absolute Gasteiger partial charge is 0.252 e. The fourth-order valence-corrected chi connectivity index (χ4v) is 1.16.